The van der Waals surface area contributed by atoms with E-state index in [0.717, 1.165) is 61.6 Å². The SMILES string of the molecule is CC1(C)c2cc3c(cc2-c2ncccc21)C(C)(C)c1cc(-c2cc(-c4cc(-c5cccc6ccccc56)ccn4)cc(-c4cccc5cccnc45)n2)cnc1-3. The summed E-state index contributed by atoms with van der Waals surface area (Å²) >= 11 is 0. The Hall–Kier alpha value is -6.85. The number of fused-ring (bicyclic) bond motifs is 8. The molecule has 266 valence electrons. The lowest BCUT2D eigenvalue weighted by atomic mass is 9.79. The standard InChI is InChI=1S/C51H37N5/c1-50(2)40-18-10-21-54-48(40)38-27-42-39(28-41(38)50)49-43(51(42,3)4)23-34(29-55-49)45-25-33(26-46(56-45)37-17-8-13-31-14-9-20-53-47(31)37)44-24-32(19-22-52-44)36-16-7-12-30-11-5-6-15-35(30)36/h5-29H,1-4H3. The molecule has 0 fully saturated rings. The molecule has 11 rings (SSSR count). The van der Waals surface area contributed by atoms with Crippen LogP contribution in [0.5, 0.6) is 0 Å². The van der Waals surface area contributed by atoms with E-state index in [1.54, 1.807) is 0 Å². The normalized spacial score (nSPS) is 14.4. The number of hydrogen-bond donors (Lipinski definition) is 0. The predicted molar refractivity (Wildman–Crippen MR) is 227 cm³/mol. The zero-order valence-electron chi connectivity index (χ0n) is 31.7. The molecule has 0 unspecified atom stereocenters. The summed E-state index contributed by atoms with van der Waals surface area (Å²) in [6.07, 6.45) is 7.66. The van der Waals surface area contributed by atoms with Crippen molar-refractivity contribution in [3.8, 4) is 67.4 Å². The molecule has 5 heteroatoms. The van der Waals surface area contributed by atoms with Gasteiger partial charge in [-0.2, -0.15) is 0 Å². The maximum atomic E-state index is 5.37. The molecule has 0 radical (unpaired) electrons. The van der Waals surface area contributed by atoms with E-state index in [-0.39, 0.29) is 10.8 Å². The highest BCUT2D eigenvalue weighted by Crippen LogP contribution is 2.55. The summed E-state index contributed by atoms with van der Waals surface area (Å²) in [6.45, 7) is 9.23. The van der Waals surface area contributed by atoms with Crippen molar-refractivity contribution in [1.29, 1.82) is 0 Å². The van der Waals surface area contributed by atoms with E-state index < -0.39 is 0 Å². The largest absolute Gasteiger partial charge is 0.256 e. The number of aromatic nitrogens is 5. The second kappa shape index (κ2) is 11.8. The third kappa shape index (κ3) is 4.77. The monoisotopic (exact) mass is 719 g/mol. The van der Waals surface area contributed by atoms with E-state index in [1.165, 1.54) is 49.7 Å². The minimum atomic E-state index is -0.279. The molecule has 2 aliphatic rings. The Kier molecular flexibility index (Phi) is 6.88. The van der Waals surface area contributed by atoms with Crippen LogP contribution in [0.2, 0.25) is 0 Å². The van der Waals surface area contributed by atoms with Gasteiger partial charge < -0.3 is 0 Å². The van der Waals surface area contributed by atoms with Crippen molar-refractivity contribution in [1.82, 2.24) is 24.9 Å². The summed E-state index contributed by atoms with van der Waals surface area (Å²) in [4.78, 5) is 25.2. The van der Waals surface area contributed by atoms with E-state index in [1.807, 2.05) is 36.9 Å². The molecule has 0 amide bonds. The van der Waals surface area contributed by atoms with Crippen LogP contribution in [0, 0.1) is 0 Å². The van der Waals surface area contributed by atoms with E-state index in [4.69, 9.17) is 24.9 Å². The van der Waals surface area contributed by atoms with Gasteiger partial charge in [-0.1, -0.05) is 100 Å². The molecule has 5 aromatic heterocycles. The zero-order chi connectivity index (χ0) is 37.8. The van der Waals surface area contributed by atoms with Gasteiger partial charge in [0.2, 0.25) is 0 Å². The molecule has 0 spiro atoms. The van der Waals surface area contributed by atoms with Crippen LogP contribution in [0.1, 0.15) is 49.9 Å². The lowest BCUT2D eigenvalue weighted by Crippen LogP contribution is -2.17. The molecule has 9 aromatic rings. The molecule has 56 heavy (non-hydrogen) atoms. The molecule has 5 heterocycles. The smallest absolute Gasteiger partial charge is 0.0795 e. The van der Waals surface area contributed by atoms with Crippen LogP contribution >= 0.6 is 0 Å². The van der Waals surface area contributed by atoms with Gasteiger partial charge in [0.1, 0.15) is 0 Å². The van der Waals surface area contributed by atoms with Crippen LogP contribution in [0.25, 0.3) is 89.1 Å². The van der Waals surface area contributed by atoms with Gasteiger partial charge in [-0.05, 0) is 98.8 Å². The van der Waals surface area contributed by atoms with Gasteiger partial charge in [-0.15, -0.1) is 0 Å². The summed E-state index contributed by atoms with van der Waals surface area (Å²) in [6, 6.07) is 45.3. The number of benzene rings is 4. The van der Waals surface area contributed by atoms with Crippen molar-refractivity contribution >= 4 is 21.7 Å². The van der Waals surface area contributed by atoms with Crippen molar-refractivity contribution in [2.45, 2.75) is 38.5 Å². The van der Waals surface area contributed by atoms with Gasteiger partial charge in [-0.25, -0.2) is 4.98 Å². The molecule has 0 N–H and O–H groups in total. The van der Waals surface area contributed by atoms with Gasteiger partial charge in [0.15, 0.2) is 0 Å². The third-order valence-corrected chi connectivity index (χ3v) is 12.2. The van der Waals surface area contributed by atoms with E-state index in [0.29, 0.717) is 0 Å². The maximum Gasteiger partial charge on any atom is 0.0795 e. The molecule has 5 nitrogen and oxygen atoms in total. The molecule has 4 aromatic carbocycles. The van der Waals surface area contributed by atoms with Crippen LogP contribution in [0.15, 0.2) is 152 Å². The minimum Gasteiger partial charge on any atom is -0.256 e. The Bertz CT molecular complexity index is 3090. The number of pyridine rings is 5. The van der Waals surface area contributed by atoms with Crippen LogP contribution < -0.4 is 0 Å². The Morgan fingerprint density at radius 3 is 1.91 bits per heavy atom. The summed E-state index contributed by atoms with van der Waals surface area (Å²) in [5, 5.41) is 3.50. The lowest BCUT2D eigenvalue weighted by molar-refractivity contribution is 0.651. The van der Waals surface area contributed by atoms with Crippen LogP contribution in [0.3, 0.4) is 0 Å². The van der Waals surface area contributed by atoms with E-state index >= 15 is 0 Å². The Morgan fingerprint density at radius 1 is 0.393 bits per heavy atom. The number of para-hydroxylation sites is 1. The molecular weight excluding hydrogens is 683 g/mol. The first-order valence-corrected chi connectivity index (χ1v) is 19.2. The highest BCUT2D eigenvalue weighted by molar-refractivity contribution is 5.98. The first-order valence-electron chi connectivity index (χ1n) is 19.2. The van der Waals surface area contributed by atoms with Gasteiger partial charge >= 0.3 is 0 Å². The lowest BCUT2D eigenvalue weighted by Gasteiger charge is -2.24. The molecule has 0 saturated carbocycles. The molecule has 2 aliphatic carbocycles. The second-order valence-corrected chi connectivity index (χ2v) is 16.2. The topological polar surface area (TPSA) is 64.5 Å². The van der Waals surface area contributed by atoms with Crippen molar-refractivity contribution in [2.24, 2.45) is 0 Å². The molecule has 0 aliphatic heterocycles. The van der Waals surface area contributed by atoms with E-state index in [9.17, 15) is 0 Å². The number of hydrogen-bond acceptors (Lipinski definition) is 5. The molecule has 0 saturated heterocycles. The summed E-state index contributed by atoms with van der Waals surface area (Å²) in [5.41, 5.74) is 17.9. The van der Waals surface area contributed by atoms with Crippen molar-refractivity contribution in [3.05, 3.63) is 174 Å². The summed E-state index contributed by atoms with van der Waals surface area (Å²) < 4.78 is 0. The minimum absolute atomic E-state index is 0.142. The molecule has 0 atom stereocenters. The zero-order valence-corrected chi connectivity index (χ0v) is 31.7. The Morgan fingerprint density at radius 2 is 1.05 bits per heavy atom. The Labute approximate surface area is 325 Å². The van der Waals surface area contributed by atoms with Gasteiger partial charge in [0.25, 0.3) is 0 Å². The fraction of sp³-hybridized carbons (Fsp3) is 0.118. The molecule has 0 bridgehead atoms. The fourth-order valence-corrected chi connectivity index (χ4v) is 9.24. The number of nitrogens with zero attached hydrogens (tertiary/aromatic N) is 5. The van der Waals surface area contributed by atoms with Crippen LogP contribution in [-0.2, 0) is 10.8 Å². The summed E-state index contributed by atoms with van der Waals surface area (Å²) in [7, 11) is 0. The number of rotatable bonds is 4. The Balaban J connectivity index is 1.08. The fourth-order valence-electron chi connectivity index (χ4n) is 9.24. The second-order valence-electron chi connectivity index (χ2n) is 16.2. The maximum absolute atomic E-state index is 5.37. The van der Waals surface area contributed by atoms with Crippen molar-refractivity contribution < 1.29 is 0 Å². The van der Waals surface area contributed by atoms with Gasteiger partial charge in [-0.3, -0.25) is 19.9 Å². The first kappa shape index (κ1) is 32.6. The molecular formula is C51H37N5. The highest BCUT2D eigenvalue weighted by atomic mass is 14.8. The van der Waals surface area contributed by atoms with Crippen molar-refractivity contribution in [2.75, 3.05) is 0 Å². The van der Waals surface area contributed by atoms with Crippen LogP contribution in [0.4, 0.5) is 0 Å². The predicted octanol–water partition coefficient (Wildman–Crippen LogP) is 12.2. The van der Waals surface area contributed by atoms with Crippen LogP contribution in [-0.4, -0.2) is 24.9 Å². The van der Waals surface area contributed by atoms with Crippen molar-refractivity contribution in [3.63, 3.8) is 0 Å². The highest BCUT2D eigenvalue weighted by Gasteiger charge is 2.42. The third-order valence-electron chi connectivity index (χ3n) is 12.2. The van der Waals surface area contributed by atoms with Gasteiger partial charge in [0, 0.05) is 68.8 Å². The van der Waals surface area contributed by atoms with E-state index in [2.05, 4.69) is 143 Å². The van der Waals surface area contributed by atoms with Gasteiger partial charge in [0.05, 0.1) is 34.0 Å². The average molecular weight is 720 g/mol. The quantitative estimate of drug-likeness (QED) is 0.181. The average Bonchev–Trinajstić information content (AvgIpc) is 3.61. The first-order chi connectivity index (χ1) is 27.3. The summed E-state index contributed by atoms with van der Waals surface area (Å²) in [5.74, 6) is 0.